The molecule has 410 valence electrons. The van der Waals surface area contributed by atoms with Crippen LogP contribution in [0.25, 0.3) is 0 Å². The average Bonchev–Trinajstić information content (AvgIpc) is 3.71. The van der Waals surface area contributed by atoms with E-state index in [1.54, 1.807) is 25.3 Å². The SMILES string of the molecule is COCCOCCOCCOCCOCCOCCOCCOCCC(=O)NCC(C(=O)NCC(=O)NCC(=O)N[C@@H](CCc1ccccc1)C(=O)NCC(=O)NCOCC[C@@H](O)C(=O)O)N1C(=O)C=CC1=O. The zero-order valence-corrected chi connectivity index (χ0v) is 41.1. The zero-order chi connectivity index (χ0) is 53.3. The molecule has 27 nitrogen and oxygen atoms in total. The summed E-state index contributed by atoms with van der Waals surface area (Å²) >= 11 is 0. The van der Waals surface area contributed by atoms with E-state index >= 15 is 0 Å². The molecular formula is C46H71N7O20. The normalized spacial score (nSPS) is 13.3. The Morgan fingerprint density at radius 1 is 0.534 bits per heavy atom. The average molecular weight is 1040 g/mol. The Balaban J connectivity index is 1.66. The molecule has 2 rings (SSSR count). The number of methoxy groups -OCH3 is 1. The number of nitrogens with one attached hydrogen (secondary N) is 6. The van der Waals surface area contributed by atoms with Crippen molar-refractivity contribution in [1.29, 1.82) is 0 Å². The lowest BCUT2D eigenvalue weighted by Crippen LogP contribution is -2.56. The molecule has 0 radical (unpaired) electrons. The van der Waals surface area contributed by atoms with Gasteiger partial charge < -0.3 is 84.7 Å². The minimum atomic E-state index is -1.62. The first-order chi connectivity index (χ1) is 35.3. The van der Waals surface area contributed by atoms with Gasteiger partial charge in [-0.25, -0.2) is 4.79 Å². The number of rotatable bonds is 45. The van der Waals surface area contributed by atoms with Gasteiger partial charge >= 0.3 is 5.97 Å². The Kier molecular flexibility index (Phi) is 35.0. The van der Waals surface area contributed by atoms with Crippen molar-refractivity contribution in [3.63, 3.8) is 0 Å². The summed E-state index contributed by atoms with van der Waals surface area (Å²) < 4.78 is 47.8. The second-order valence-electron chi connectivity index (χ2n) is 15.4. The molecule has 1 unspecified atom stereocenters. The minimum absolute atomic E-state index is 0.00327. The van der Waals surface area contributed by atoms with Crippen LogP contribution in [0, 0.1) is 0 Å². The Labute approximate surface area is 422 Å². The van der Waals surface area contributed by atoms with Crippen molar-refractivity contribution in [3.05, 3.63) is 48.0 Å². The van der Waals surface area contributed by atoms with E-state index in [9.17, 15) is 48.3 Å². The number of aryl methyl sites for hydroxylation is 1. The number of hydrogen-bond acceptors (Lipinski definition) is 19. The fourth-order valence-electron chi connectivity index (χ4n) is 5.92. The van der Waals surface area contributed by atoms with Gasteiger partial charge in [0.05, 0.1) is 125 Å². The van der Waals surface area contributed by atoms with Crippen LogP contribution in [-0.2, 0) is 92.2 Å². The fourth-order valence-corrected chi connectivity index (χ4v) is 5.92. The van der Waals surface area contributed by atoms with Gasteiger partial charge in [-0.3, -0.25) is 43.3 Å². The van der Waals surface area contributed by atoms with Gasteiger partial charge in [0.25, 0.3) is 11.8 Å². The van der Waals surface area contributed by atoms with Gasteiger partial charge in [-0.05, 0) is 18.4 Å². The Hall–Kier alpha value is -6.01. The van der Waals surface area contributed by atoms with Crippen molar-refractivity contribution in [2.24, 2.45) is 0 Å². The number of nitrogens with zero attached hydrogens (tertiary/aromatic N) is 1. The fraction of sp³-hybridized carbons (Fsp3) is 0.630. The highest BCUT2D eigenvalue weighted by molar-refractivity contribution is 6.15. The molecule has 0 bridgehead atoms. The number of amides is 8. The number of carbonyl (C=O) groups is 9. The summed E-state index contributed by atoms with van der Waals surface area (Å²) in [7, 11) is 1.61. The number of carbonyl (C=O) groups excluding carboxylic acids is 8. The van der Waals surface area contributed by atoms with E-state index in [1.165, 1.54) is 0 Å². The first kappa shape index (κ1) is 63.1. The maximum absolute atomic E-state index is 13.2. The predicted octanol–water partition coefficient (Wildman–Crippen LogP) is -4.06. The molecule has 8 amide bonds. The number of hydrogen-bond donors (Lipinski definition) is 8. The van der Waals surface area contributed by atoms with E-state index < -0.39 is 97.6 Å². The van der Waals surface area contributed by atoms with Crippen LogP contribution in [0.2, 0.25) is 0 Å². The van der Waals surface area contributed by atoms with Crippen LogP contribution in [0.4, 0.5) is 0 Å². The summed E-state index contributed by atoms with van der Waals surface area (Å²) in [5.41, 5.74) is 0.852. The molecule has 3 atom stereocenters. The van der Waals surface area contributed by atoms with Gasteiger partial charge in [0.15, 0.2) is 6.10 Å². The number of aliphatic hydroxyl groups is 1. The highest BCUT2D eigenvalue weighted by Gasteiger charge is 2.36. The van der Waals surface area contributed by atoms with Gasteiger partial charge in [0, 0.05) is 38.6 Å². The van der Waals surface area contributed by atoms with Crippen molar-refractivity contribution in [1.82, 2.24) is 36.8 Å². The van der Waals surface area contributed by atoms with Crippen molar-refractivity contribution < 1.29 is 96.0 Å². The summed E-state index contributed by atoms with van der Waals surface area (Å²) in [6.07, 6.45) is 0.402. The van der Waals surface area contributed by atoms with Crippen molar-refractivity contribution in [3.8, 4) is 0 Å². The molecule has 1 aromatic rings. The molecule has 27 heteroatoms. The van der Waals surface area contributed by atoms with E-state index in [-0.39, 0.29) is 52.4 Å². The van der Waals surface area contributed by atoms with Crippen molar-refractivity contribution in [2.75, 3.05) is 146 Å². The highest BCUT2D eigenvalue weighted by atomic mass is 16.6. The largest absolute Gasteiger partial charge is 0.479 e. The standard InChI is InChI=1S/C46H71N7O20/c1-65-15-16-67-19-20-69-23-24-71-27-28-72-26-25-70-22-21-68-18-17-66-14-12-38(55)47-29-36(53-42(59)9-10-43(53)60)45(62)50-30-39(56)48-32-41(58)52-35(8-7-34-5-3-2-4-6-34)44(61)49-31-40(57)51-33-73-13-11-37(54)46(63)64/h2-6,9-10,35-37,54H,7-8,11-33H2,1H3,(H,47,55)(H,48,56)(H,49,61)(H,50,62)(H,51,57)(H,52,58)(H,63,64)/t35-,36?,37+/m0/s1. The third kappa shape index (κ3) is 31.2. The molecule has 0 fully saturated rings. The number of carboxylic acid groups (broad SMARTS) is 1. The summed E-state index contributed by atoms with van der Waals surface area (Å²) in [4.78, 5) is 113. The smallest absolute Gasteiger partial charge is 0.332 e. The maximum Gasteiger partial charge on any atom is 0.332 e. The van der Waals surface area contributed by atoms with E-state index in [0.717, 1.165) is 17.7 Å². The van der Waals surface area contributed by atoms with Crippen LogP contribution in [0.5, 0.6) is 0 Å². The third-order valence-corrected chi connectivity index (χ3v) is 9.79. The van der Waals surface area contributed by atoms with Gasteiger partial charge in [-0.2, -0.15) is 0 Å². The van der Waals surface area contributed by atoms with E-state index in [0.29, 0.717) is 90.6 Å². The van der Waals surface area contributed by atoms with Gasteiger partial charge in [-0.15, -0.1) is 0 Å². The van der Waals surface area contributed by atoms with Gasteiger partial charge in [-0.1, -0.05) is 30.3 Å². The quantitative estimate of drug-likeness (QED) is 0.0175. The predicted molar refractivity (Wildman–Crippen MR) is 253 cm³/mol. The zero-order valence-electron chi connectivity index (χ0n) is 41.1. The monoisotopic (exact) mass is 1040 g/mol. The molecule has 0 spiro atoms. The number of carboxylic acids is 1. The maximum atomic E-state index is 13.2. The molecule has 0 saturated carbocycles. The van der Waals surface area contributed by atoms with Crippen molar-refractivity contribution in [2.45, 2.75) is 43.9 Å². The molecule has 0 aliphatic carbocycles. The van der Waals surface area contributed by atoms with Crippen LogP contribution in [0.15, 0.2) is 42.5 Å². The van der Waals surface area contributed by atoms with Crippen LogP contribution < -0.4 is 31.9 Å². The number of benzene rings is 1. The summed E-state index contributed by atoms with van der Waals surface area (Å²) in [6, 6.07) is 6.33. The molecule has 0 saturated heterocycles. The lowest BCUT2D eigenvalue weighted by molar-refractivity contribution is -0.147. The molecule has 1 aromatic carbocycles. The van der Waals surface area contributed by atoms with Crippen LogP contribution in [0.1, 0.15) is 24.8 Å². The molecule has 73 heavy (non-hydrogen) atoms. The third-order valence-electron chi connectivity index (χ3n) is 9.79. The lowest BCUT2D eigenvalue weighted by atomic mass is 10.0. The number of aliphatic hydroxyl groups excluding tert-OH is 1. The molecule has 1 heterocycles. The van der Waals surface area contributed by atoms with Crippen LogP contribution >= 0.6 is 0 Å². The summed E-state index contributed by atoms with van der Waals surface area (Å²) in [6.45, 7) is 2.84. The molecule has 8 N–H and O–H groups in total. The first-order valence-corrected chi connectivity index (χ1v) is 23.6. The topological polar surface area (TPSA) is 353 Å². The Bertz CT molecular complexity index is 1830. The van der Waals surface area contributed by atoms with E-state index in [1.807, 2.05) is 12.1 Å². The second-order valence-corrected chi connectivity index (χ2v) is 15.4. The van der Waals surface area contributed by atoms with E-state index in [4.69, 9.17) is 47.7 Å². The highest BCUT2D eigenvalue weighted by Crippen LogP contribution is 2.10. The number of ether oxygens (including phenoxy) is 9. The minimum Gasteiger partial charge on any atom is -0.479 e. The molecule has 1 aliphatic rings. The Morgan fingerprint density at radius 3 is 1.53 bits per heavy atom. The van der Waals surface area contributed by atoms with Crippen molar-refractivity contribution >= 4 is 53.2 Å². The van der Waals surface area contributed by atoms with Crippen LogP contribution in [0.3, 0.4) is 0 Å². The summed E-state index contributed by atoms with van der Waals surface area (Å²) in [5, 5.41) is 32.3. The van der Waals surface area contributed by atoms with Crippen LogP contribution in [-0.4, -0.2) is 232 Å². The number of imide groups is 1. The second kappa shape index (κ2) is 40.5. The molecule has 1 aliphatic heterocycles. The summed E-state index contributed by atoms with van der Waals surface area (Å²) in [5.74, 6) is -7.58. The number of aliphatic carboxylic acids is 1. The van der Waals surface area contributed by atoms with E-state index in [2.05, 4.69) is 31.9 Å². The first-order valence-electron chi connectivity index (χ1n) is 23.6. The molecular weight excluding hydrogens is 971 g/mol. The van der Waals surface area contributed by atoms with Gasteiger partial charge in [0.1, 0.15) is 18.8 Å². The lowest BCUT2D eigenvalue weighted by Gasteiger charge is -2.25. The Morgan fingerprint density at radius 2 is 1.01 bits per heavy atom. The van der Waals surface area contributed by atoms with Gasteiger partial charge in [0.2, 0.25) is 35.4 Å². The molecule has 0 aromatic heterocycles.